The maximum absolute atomic E-state index is 11.6. The van der Waals surface area contributed by atoms with E-state index in [1.54, 1.807) is 0 Å². The Bertz CT molecular complexity index is 610. The molecule has 0 saturated carbocycles. The Morgan fingerprint density at radius 3 is 2.63 bits per heavy atom. The van der Waals surface area contributed by atoms with Crippen LogP contribution >= 0.6 is 0 Å². The molecular formula is C10H12N2O6S. The zero-order chi connectivity index (χ0) is 14.6. The highest BCUT2D eigenvalue weighted by molar-refractivity contribution is 7.90. The fourth-order valence-electron chi connectivity index (χ4n) is 1.31. The maximum Gasteiger partial charge on any atom is 0.311 e. The van der Waals surface area contributed by atoms with Gasteiger partial charge in [-0.2, -0.15) is 0 Å². The third-order valence-electron chi connectivity index (χ3n) is 2.21. The van der Waals surface area contributed by atoms with E-state index in [1.807, 2.05) is 0 Å². The van der Waals surface area contributed by atoms with E-state index >= 15 is 0 Å². The summed E-state index contributed by atoms with van der Waals surface area (Å²) >= 11 is 0. The lowest BCUT2D eigenvalue weighted by atomic mass is 10.1. The van der Waals surface area contributed by atoms with Gasteiger partial charge in [0, 0.05) is 18.9 Å². The Hall–Kier alpha value is -2.16. The minimum absolute atomic E-state index is 0.139. The Labute approximate surface area is 109 Å². The second-order valence-electron chi connectivity index (χ2n) is 3.82. The van der Waals surface area contributed by atoms with E-state index < -0.39 is 32.1 Å². The maximum atomic E-state index is 11.6. The summed E-state index contributed by atoms with van der Waals surface area (Å²) in [6, 6.07) is 3.52. The minimum Gasteiger partial charge on any atom is -0.502 e. The number of hydrogen-bond acceptors (Lipinski definition) is 6. The summed E-state index contributed by atoms with van der Waals surface area (Å²) in [7, 11) is -3.22. The van der Waals surface area contributed by atoms with Crippen LogP contribution in [0, 0.1) is 10.1 Å². The molecule has 0 saturated heterocycles. The second-order valence-corrected chi connectivity index (χ2v) is 6.08. The van der Waals surface area contributed by atoms with Crippen molar-refractivity contribution >= 4 is 21.4 Å². The van der Waals surface area contributed by atoms with Gasteiger partial charge in [-0.15, -0.1) is 0 Å². The third-order valence-corrected chi connectivity index (χ3v) is 3.16. The molecule has 0 radical (unpaired) electrons. The average Bonchev–Trinajstić information content (AvgIpc) is 2.26. The van der Waals surface area contributed by atoms with Gasteiger partial charge in [0.2, 0.25) is 5.75 Å². The molecule has 1 amide bonds. The number of nitrogens with zero attached hydrogens (tertiary/aromatic N) is 1. The van der Waals surface area contributed by atoms with Crippen molar-refractivity contribution in [3.63, 3.8) is 0 Å². The highest BCUT2D eigenvalue weighted by atomic mass is 32.2. The second kappa shape index (κ2) is 5.65. The van der Waals surface area contributed by atoms with Crippen LogP contribution in [-0.2, 0) is 9.84 Å². The molecule has 1 aromatic carbocycles. The molecule has 19 heavy (non-hydrogen) atoms. The molecule has 1 rings (SSSR count). The Balaban J connectivity index is 2.83. The number of amides is 1. The van der Waals surface area contributed by atoms with Crippen molar-refractivity contribution in [1.29, 1.82) is 0 Å². The van der Waals surface area contributed by atoms with E-state index in [1.165, 1.54) is 12.1 Å². The molecule has 0 unspecified atom stereocenters. The van der Waals surface area contributed by atoms with E-state index in [2.05, 4.69) is 5.32 Å². The SMILES string of the molecule is CS(=O)(=O)CCNC(=O)c1cccc([N+](=O)[O-])c1O. The van der Waals surface area contributed by atoms with Gasteiger partial charge in [-0.1, -0.05) is 6.07 Å². The summed E-state index contributed by atoms with van der Waals surface area (Å²) in [6.45, 7) is -0.139. The number of phenols is 1. The largest absolute Gasteiger partial charge is 0.502 e. The summed E-state index contributed by atoms with van der Waals surface area (Å²) in [4.78, 5) is 21.4. The lowest BCUT2D eigenvalue weighted by Gasteiger charge is -2.06. The van der Waals surface area contributed by atoms with E-state index in [0.29, 0.717) is 0 Å². The lowest BCUT2D eigenvalue weighted by Crippen LogP contribution is -2.28. The first-order valence-corrected chi connectivity index (χ1v) is 7.20. The van der Waals surface area contributed by atoms with Crippen LogP contribution < -0.4 is 5.32 Å². The number of para-hydroxylation sites is 1. The van der Waals surface area contributed by atoms with Crippen LogP contribution in [-0.4, -0.2) is 42.9 Å². The molecule has 0 aliphatic rings. The molecule has 0 aliphatic heterocycles. The van der Waals surface area contributed by atoms with Gasteiger partial charge in [0.15, 0.2) is 0 Å². The van der Waals surface area contributed by atoms with Crippen molar-refractivity contribution < 1.29 is 23.2 Å². The molecule has 0 aliphatic carbocycles. The van der Waals surface area contributed by atoms with E-state index in [4.69, 9.17) is 0 Å². The molecule has 0 heterocycles. The van der Waals surface area contributed by atoms with Crippen LogP contribution in [0.3, 0.4) is 0 Å². The van der Waals surface area contributed by atoms with Gasteiger partial charge in [-0.05, 0) is 6.07 Å². The summed E-state index contributed by atoms with van der Waals surface area (Å²) in [5, 5.41) is 22.4. The van der Waals surface area contributed by atoms with Gasteiger partial charge in [-0.25, -0.2) is 8.42 Å². The van der Waals surface area contributed by atoms with Crippen LogP contribution in [0.2, 0.25) is 0 Å². The number of aromatic hydroxyl groups is 1. The highest BCUT2D eigenvalue weighted by Crippen LogP contribution is 2.28. The van der Waals surface area contributed by atoms with E-state index in [-0.39, 0.29) is 17.9 Å². The Morgan fingerprint density at radius 2 is 2.11 bits per heavy atom. The van der Waals surface area contributed by atoms with Gasteiger partial charge < -0.3 is 10.4 Å². The molecule has 0 spiro atoms. The molecule has 0 aromatic heterocycles. The van der Waals surface area contributed by atoms with E-state index in [0.717, 1.165) is 12.3 Å². The van der Waals surface area contributed by atoms with Crippen molar-refractivity contribution in [2.45, 2.75) is 0 Å². The van der Waals surface area contributed by atoms with Crippen molar-refractivity contribution in [3.8, 4) is 5.75 Å². The number of phenolic OH excluding ortho intramolecular Hbond substituents is 1. The van der Waals surface area contributed by atoms with Crippen molar-refractivity contribution in [2.75, 3.05) is 18.6 Å². The number of nitro benzene ring substituents is 1. The summed E-state index contributed by atoms with van der Waals surface area (Å²) in [5.41, 5.74) is -0.863. The van der Waals surface area contributed by atoms with Crippen LogP contribution in [0.5, 0.6) is 5.75 Å². The van der Waals surface area contributed by atoms with Gasteiger partial charge in [0.25, 0.3) is 5.91 Å². The predicted molar refractivity (Wildman–Crippen MR) is 66.8 cm³/mol. The smallest absolute Gasteiger partial charge is 0.311 e. The zero-order valence-electron chi connectivity index (χ0n) is 9.99. The molecule has 8 nitrogen and oxygen atoms in total. The summed E-state index contributed by atoms with van der Waals surface area (Å²) in [5.74, 6) is -1.77. The molecule has 0 atom stereocenters. The number of nitrogens with one attached hydrogen (secondary N) is 1. The summed E-state index contributed by atoms with van der Waals surface area (Å²) in [6.07, 6.45) is 1.02. The van der Waals surface area contributed by atoms with E-state index in [9.17, 15) is 28.4 Å². The normalized spacial score (nSPS) is 11.0. The van der Waals surface area contributed by atoms with Gasteiger partial charge in [0.05, 0.1) is 16.2 Å². The van der Waals surface area contributed by atoms with Crippen LogP contribution in [0.4, 0.5) is 5.69 Å². The molecule has 0 bridgehead atoms. The predicted octanol–water partition coefficient (Wildman–Crippen LogP) is 0.0748. The Kier molecular flexibility index (Phi) is 4.43. The first kappa shape index (κ1) is 14.9. The molecule has 1 aromatic rings. The van der Waals surface area contributed by atoms with Gasteiger partial charge in [-0.3, -0.25) is 14.9 Å². The fraction of sp³-hybridized carbons (Fsp3) is 0.300. The first-order chi connectivity index (χ1) is 8.72. The van der Waals surface area contributed by atoms with Crippen molar-refractivity contribution in [1.82, 2.24) is 5.32 Å². The highest BCUT2D eigenvalue weighted by Gasteiger charge is 2.20. The topological polar surface area (TPSA) is 127 Å². The standard InChI is InChI=1S/C10H12N2O6S/c1-19(17,18)6-5-11-10(14)7-3-2-4-8(9(7)13)12(15)16/h2-4,13H,5-6H2,1H3,(H,11,14). The number of hydrogen-bond donors (Lipinski definition) is 2. The van der Waals surface area contributed by atoms with Crippen molar-refractivity contribution in [2.24, 2.45) is 0 Å². The molecule has 0 fully saturated rings. The summed E-state index contributed by atoms with van der Waals surface area (Å²) < 4.78 is 21.7. The molecular weight excluding hydrogens is 276 g/mol. The third kappa shape index (κ3) is 4.21. The number of sulfone groups is 1. The molecule has 9 heteroatoms. The average molecular weight is 288 g/mol. The van der Waals surface area contributed by atoms with Crippen LogP contribution in [0.15, 0.2) is 18.2 Å². The van der Waals surface area contributed by atoms with Crippen LogP contribution in [0.1, 0.15) is 10.4 Å². The number of benzene rings is 1. The van der Waals surface area contributed by atoms with Gasteiger partial charge >= 0.3 is 5.69 Å². The monoisotopic (exact) mass is 288 g/mol. The number of rotatable bonds is 5. The quantitative estimate of drug-likeness (QED) is 0.583. The van der Waals surface area contributed by atoms with Gasteiger partial charge in [0.1, 0.15) is 9.84 Å². The van der Waals surface area contributed by atoms with Crippen molar-refractivity contribution in [3.05, 3.63) is 33.9 Å². The first-order valence-electron chi connectivity index (χ1n) is 5.14. The number of nitro groups is 1. The minimum atomic E-state index is -3.22. The molecule has 104 valence electrons. The lowest BCUT2D eigenvalue weighted by molar-refractivity contribution is -0.385. The zero-order valence-corrected chi connectivity index (χ0v) is 10.8. The molecule has 2 N–H and O–H groups in total. The number of carbonyl (C=O) groups is 1. The fourth-order valence-corrected chi connectivity index (χ4v) is 1.78. The number of carbonyl (C=O) groups excluding carboxylic acids is 1. The van der Waals surface area contributed by atoms with Crippen LogP contribution in [0.25, 0.3) is 0 Å². The Morgan fingerprint density at radius 1 is 1.47 bits per heavy atom.